The number of rotatable bonds is 1. The maximum Gasteiger partial charge on any atom is 0 e. The molecule has 0 heterocycles. The third-order valence-corrected chi connectivity index (χ3v) is 0.357. The van der Waals surface area contributed by atoms with E-state index < -0.39 is 12.1 Å². The van der Waals surface area contributed by atoms with Gasteiger partial charge in [-0.2, -0.15) is 0 Å². The monoisotopic (exact) mass is 178 g/mol. The minimum Gasteiger partial charge on any atom is 0 e. The van der Waals surface area contributed by atoms with Crippen molar-refractivity contribution < 1.29 is 34.5 Å². The maximum absolute atomic E-state index is 9.45. The second-order valence-corrected chi connectivity index (χ2v) is 1.01. The van der Waals surface area contributed by atoms with Gasteiger partial charge in [0.2, 0.25) is 0 Å². The van der Waals surface area contributed by atoms with E-state index in [4.69, 9.17) is 10.2 Å². The first kappa shape index (κ1) is 16.0. The van der Waals surface area contributed by atoms with E-state index in [1.165, 1.54) is 6.92 Å². The predicted molar refractivity (Wildman–Crippen MR) is 26.5 cm³/mol. The van der Waals surface area contributed by atoms with Crippen LogP contribution in [0.3, 0.4) is 0 Å². The summed E-state index contributed by atoms with van der Waals surface area (Å²) in [5, 5.41) is 15.8. The normalized spacial score (nSPS) is 10.2. The van der Waals surface area contributed by atoms with Gasteiger partial charge in [0.15, 0.2) is 0 Å². The molecule has 1 atom stereocenters. The van der Waals surface area contributed by atoms with Crippen molar-refractivity contribution in [3.63, 3.8) is 0 Å². The second kappa shape index (κ2) is 8.05. The Hall–Kier alpha value is 1.05. The molecular formula is C3H7NaO3Zn. The molecule has 0 amide bonds. The fourth-order valence-electron chi connectivity index (χ4n) is 0. The Bertz CT molecular complexity index is 65.5. The molecule has 0 radical (unpaired) electrons. The maximum atomic E-state index is 9.45. The molecule has 0 aliphatic rings. The smallest absolute Gasteiger partial charge is 0 e. The number of carbonyl (C=O) groups is 1. The average molecular weight is 179 g/mol. The van der Waals surface area contributed by atoms with Gasteiger partial charge in [-0.15, -0.1) is 0 Å². The first-order chi connectivity index (χ1) is 2.64. The Morgan fingerprint density at radius 3 is 1.75 bits per heavy atom. The third kappa shape index (κ3) is 10.1. The van der Waals surface area contributed by atoms with Gasteiger partial charge in [-0.1, -0.05) is 0 Å². The summed E-state index contributed by atoms with van der Waals surface area (Å²) >= 11 is 0. The number of hydrogen-bond acceptors (Lipinski definition) is 2. The largest absolute Gasteiger partial charge is 0 e. The quantitative estimate of drug-likeness (QED) is 0.497. The zero-order chi connectivity index (χ0) is 5.15. The zero-order valence-corrected chi connectivity index (χ0v) is 7.05. The fourth-order valence-corrected chi connectivity index (χ4v) is 0. The molecule has 40 valence electrons. The Morgan fingerprint density at radius 1 is 1.62 bits per heavy atom. The van der Waals surface area contributed by atoms with Gasteiger partial charge in [-0.25, -0.2) is 4.79 Å². The van der Waals surface area contributed by atoms with Gasteiger partial charge in [0, 0.05) is 19.5 Å². The Morgan fingerprint density at radius 2 is 1.75 bits per heavy atom. The van der Waals surface area contributed by atoms with Crippen molar-refractivity contribution in [2.24, 2.45) is 0 Å². The van der Waals surface area contributed by atoms with Crippen LogP contribution in [0.15, 0.2) is 0 Å². The SMILES string of the molecule is CC(O)C(=O)O.[NaH].[Zn]. The summed E-state index contributed by atoms with van der Waals surface area (Å²) in [6.07, 6.45) is -1.23. The van der Waals surface area contributed by atoms with Gasteiger partial charge in [0.1, 0.15) is 6.10 Å². The molecular weight excluding hydrogens is 172 g/mol. The summed E-state index contributed by atoms with van der Waals surface area (Å²) < 4.78 is 0. The van der Waals surface area contributed by atoms with Crippen molar-refractivity contribution in [1.82, 2.24) is 0 Å². The second-order valence-electron chi connectivity index (χ2n) is 1.01. The van der Waals surface area contributed by atoms with Crippen molar-refractivity contribution in [2.45, 2.75) is 13.0 Å². The number of hydrogen-bond donors (Lipinski definition) is 2. The topological polar surface area (TPSA) is 57.5 Å². The molecule has 0 bridgehead atoms. The van der Waals surface area contributed by atoms with Gasteiger partial charge >= 0.3 is 35.5 Å². The van der Waals surface area contributed by atoms with Crippen molar-refractivity contribution in [3.8, 4) is 0 Å². The van der Waals surface area contributed by atoms with Gasteiger partial charge in [0.05, 0.1) is 0 Å². The molecule has 3 nitrogen and oxygen atoms in total. The van der Waals surface area contributed by atoms with Crippen LogP contribution in [0.25, 0.3) is 0 Å². The van der Waals surface area contributed by atoms with E-state index in [-0.39, 0.29) is 49.0 Å². The Balaban J connectivity index is -0.000000125. The minimum absolute atomic E-state index is 0. The molecule has 0 fully saturated rings. The summed E-state index contributed by atoms with van der Waals surface area (Å²) in [6.45, 7) is 1.20. The Labute approximate surface area is 82.5 Å². The van der Waals surface area contributed by atoms with E-state index in [9.17, 15) is 4.79 Å². The molecule has 0 rings (SSSR count). The standard InChI is InChI=1S/C3H6O3.Na.Zn.H/c1-2(4)3(5)6;;;/h2,4H,1H3,(H,5,6);;;. The molecule has 1 unspecified atom stereocenters. The van der Waals surface area contributed by atoms with Crippen LogP contribution in [-0.4, -0.2) is 51.8 Å². The number of aliphatic carboxylic acids is 1. The molecule has 5 heteroatoms. The van der Waals surface area contributed by atoms with Crippen LogP contribution in [-0.2, 0) is 24.3 Å². The van der Waals surface area contributed by atoms with Crippen LogP contribution in [0.1, 0.15) is 6.92 Å². The predicted octanol–water partition coefficient (Wildman–Crippen LogP) is -1.20. The van der Waals surface area contributed by atoms with E-state index >= 15 is 0 Å². The van der Waals surface area contributed by atoms with Crippen LogP contribution in [0.5, 0.6) is 0 Å². The summed E-state index contributed by atoms with van der Waals surface area (Å²) in [4.78, 5) is 9.45. The number of aliphatic hydroxyl groups excluding tert-OH is 1. The number of carboxylic acid groups (broad SMARTS) is 1. The van der Waals surface area contributed by atoms with Crippen molar-refractivity contribution in [3.05, 3.63) is 0 Å². The van der Waals surface area contributed by atoms with Crippen LogP contribution >= 0.6 is 0 Å². The number of aliphatic hydroxyl groups is 1. The fraction of sp³-hybridized carbons (Fsp3) is 0.667. The molecule has 0 aromatic carbocycles. The van der Waals surface area contributed by atoms with E-state index in [0.29, 0.717) is 0 Å². The molecule has 0 aliphatic heterocycles. The van der Waals surface area contributed by atoms with E-state index in [1.54, 1.807) is 0 Å². The molecule has 0 saturated heterocycles. The van der Waals surface area contributed by atoms with Crippen LogP contribution in [0.4, 0.5) is 0 Å². The Kier molecular flexibility index (Phi) is 16.1. The molecule has 2 N–H and O–H groups in total. The van der Waals surface area contributed by atoms with Crippen molar-refractivity contribution >= 4 is 35.5 Å². The summed E-state index contributed by atoms with van der Waals surface area (Å²) in [7, 11) is 0. The summed E-state index contributed by atoms with van der Waals surface area (Å²) in [5.41, 5.74) is 0. The molecule has 0 saturated carbocycles. The van der Waals surface area contributed by atoms with Crippen LogP contribution in [0.2, 0.25) is 0 Å². The summed E-state index contributed by atoms with van der Waals surface area (Å²) in [6, 6.07) is 0. The van der Waals surface area contributed by atoms with Gasteiger partial charge in [-0.05, 0) is 6.92 Å². The first-order valence-electron chi connectivity index (χ1n) is 1.55. The minimum atomic E-state index is -1.23. The van der Waals surface area contributed by atoms with Crippen molar-refractivity contribution in [1.29, 1.82) is 0 Å². The third-order valence-electron chi connectivity index (χ3n) is 0.357. The first-order valence-corrected chi connectivity index (χ1v) is 1.55. The molecule has 8 heavy (non-hydrogen) atoms. The van der Waals surface area contributed by atoms with Crippen molar-refractivity contribution in [2.75, 3.05) is 0 Å². The molecule has 0 aromatic rings. The molecule has 0 spiro atoms. The van der Waals surface area contributed by atoms with Crippen LogP contribution < -0.4 is 0 Å². The molecule has 0 aromatic heterocycles. The van der Waals surface area contributed by atoms with Gasteiger partial charge in [-0.3, -0.25) is 0 Å². The summed E-state index contributed by atoms with van der Waals surface area (Å²) in [5.74, 6) is -1.19. The van der Waals surface area contributed by atoms with Gasteiger partial charge in [0.25, 0.3) is 0 Å². The van der Waals surface area contributed by atoms with E-state index in [1.807, 2.05) is 0 Å². The zero-order valence-electron chi connectivity index (χ0n) is 4.09. The van der Waals surface area contributed by atoms with E-state index in [0.717, 1.165) is 0 Å². The van der Waals surface area contributed by atoms with E-state index in [2.05, 4.69) is 0 Å². The van der Waals surface area contributed by atoms with Crippen LogP contribution in [0, 0.1) is 0 Å². The van der Waals surface area contributed by atoms with Gasteiger partial charge < -0.3 is 10.2 Å². The number of carboxylic acids is 1. The average Bonchev–Trinajstić information content (AvgIpc) is 1.36. The molecule has 0 aliphatic carbocycles.